The lowest BCUT2D eigenvalue weighted by Crippen LogP contribution is -2.41. The fourth-order valence-corrected chi connectivity index (χ4v) is 1.79. The SMILES string of the molecule is CCNC(=NCc1ccc(C(=O)NCC(N)=O)cc1)NC(C)C. The summed E-state index contributed by atoms with van der Waals surface area (Å²) in [5, 5.41) is 8.86. The van der Waals surface area contributed by atoms with Gasteiger partial charge in [-0.15, -0.1) is 0 Å². The largest absolute Gasteiger partial charge is 0.368 e. The van der Waals surface area contributed by atoms with Gasteiger partial charge in [-0.3, -0.25) is 9.59 Å². The summed E-state index contributed by atoms with van der Waals surface area (Å²) in [6, 6.07) is 7.36. The molecule has 0 aliphatic carbocycles. The summed E-state index contributed by atoms with van der Waals surface area (Å²) in [5.41, 5.74) is 6.45. The molecule has 0 saturated carbocycles. The topological polar surface area (TPSA) is 109 Å². The van der Waals surface area contributed by atoms with Crippen LogP contribution in [0.25, 0.3) is 0 Å². The van der Waals surface area contributed by atoms with Gasteiger partial charge in [0.05, 0.1) is 13.1 Å². The number of amides is 2. The minimum atomic E-state index is -0.571. The van der Waals surface area contributed by atoms with E-state index >= 15 is 0 Å². The second-order valence-electron chi connectivity index (χ2n) is 5.34. The van der Waals surface area contributed by atoms with Gasteiger partial charge in [-0.1, -0.05) is 12.1 Å². The van der Waals surface area contributed by atoms with Crippen LogP contribution in [-0.2, 0) is 11.3 Å². The number of carbonyl (C=O) groups excluding carboxylic acids is 2. The first kappa shape index (κ1) is 18.5. The molecule has 0 heterocycles. The molecule has 2 amide bonds. The highest BCUT2D eigenvalue weighted by Gasteiger charge is 2.06. The number of nitrogens with zero attached hydrogens (tertiary/aromatic N) is 1. The van der Waals surface area contributed by atoms with Gasteiger partial charge in [-0.2, -0.15) is 0 Å². The molecule has 1 aromatic rings. The summed E-state index contributed by atoms with van der Waals surface area (Å²) in [4.78, 5) is 26.9. The highest BCUT2D eigenvalue weighted by atomic mass is 16.2. The average molecular weight is 319 g/mol. The van der Waals surface area contributed by atoms with E-state index in [9.17, 15) is 9.59 Å². The first-order chi connectivity index (χ1) is 10.9. The Hall–Kier alpha value is -2.57. The smallest absolute Gasteiger partial charge is 0.251 e. The molecule has 0 atom stereocenters. The maximum Gasteiger partial charge on any atom is 0.251 e. The van der Waals surface area contributed by atoms with Gasteiger partial charge in [0.15, 0.2) is 5.96 Å². The molecule has 0 radical (unpaired) electrons. The van der Waals surface area contributed by atoms with Gasteiger partial charge in [-0.25, -0.2) is 4.99 Å². The Bertz CT molecular complexity index is 552. The summed E-state index contributed by atoms with van der Waals surface area (Å²) >= 11 is 0. The van der Waals surface area contributed by atoms with E-state index < -0.39 is 5.91 Å². The Morgan fingerprint density at radius 1 is 1.17 bits per heavy atom. The van der Waals surface area contributed by atoms with Crippen molar-refractivity contribution in [3.63, 3.8) is 0 Å². The summed E-state index contributed by atoms with van der Waals surface area (Å²) < 4.78 is 0. The van der Waals surface area contributed by atoms with Crippen molar-refractivity contribution >= 4 is 17.8 Å². The van der Waals surface area contributed by atoms with Crippen molar-refractivity contribution in [2.75, 3.05) is 13.1 Å². The minimum absolute atomic E-state index is 0.169. The molecule has 23 heavy (non-hydrogen) atoms. The van der Waals surface area contributed by atoms with Crippen molar-refractivity contribution in [3.05, 3.63) is 35.4 Å². The standard InChI is InChI=1S/C16H25N5O2/c1-4-18-16(21-11(2)3)20-9-12-5-7-13(8-6-12)15(23)19-10-14(17)22/h5-8,11H,4,9-10H2,1-3H3,(H2,17,22)(H,19,23)(H2,18,20,21). The van der Waals surface area contributed by atoms with Crippen LogP contribution in [0.2, 0.25) is 0 Å². The summed E-state index contributed by atoms with van der Waals surface area (Å²) in [6.07, 6.45) is 0. The van der Waals surface area contributed by atoms with Crippen LogP contribution in [0, 0.1) is 0 Å². The van der Waals surface area contributed by atoms with Crippen LogP contribution >= 0.6 is 0 Å². The summed E-state index contributed by atoms with van der Waals surface area (Å²) in [7, 11) is 0. The number of nitrogens with one attached hydrogen (secondary N) is 3. The first-order valence-corrected chi connectivity index (χ1v) is 7.62. The van der Waals surface area contributed by atoms with Gasteiger partial charge in [0, 0.05) is 18.2 Å². The molecule has 5 N–H and O–H groups in total. The van der Waals surface area contributed by atoms with E-state index in [1.54, 1.807) is 12.1 Å². The highest BCUT2D eigenvalue weighted by molar-refractivity contribution is 5.96. The quantitative estimate of drug-likeness (QED) is 0.430. The van der Waals surface area contributed by atoms with Gasteiger partial charge in [0.2, 0.25) is 5.91 Å². The van der Waals surface area contributed by atoms with Gasteiger partial charge in [-0.05, 0) is 38.5 Å². The number of benzene rings is 1. The van der Waals surface area contributed by atoms with Crippen molar-refractivity contribution in [2.45, 2.75) is 33.4 Å². The lowest BCUT2D eigenvalue weighted by atomic mass is 10.1. The number of carbonyl (C=O) groups is 2. The van der Waals surface area contributed by atoms with E-state index in [1.807, 2.05) is 32.9 Å². The van der Waals surface area contributed by atoms with E-state index in [2.05, 4.69) is 20.9 Å². The molecule has 1 rings (SSSR count). The maximum atomic E-state index is 11.8. The second-order valence-corrected chi connectivity index (χ2v) is 5.34. The molecule has 126 valence electrons. The predicted molar refractivity (Wildman–Crippen MR) is 91.1 cm³/mol. The molecular formula is C16H25N5O2. The fourth-order valence-electron chi connectivity index (χ4n) is 1.79. The third-order valence-corrected chi connectivity index (χ3v) is 2.83. The van der Waals surface area contributed by atoms with E-state index in [0.717, 1.165) is 18.1 Å². The molecule has 0 saturated heterocycles. The normalized spacial score (nSPS) is 11.2. The molecule has 0 aliphatic rings. The van der Waals surface area contributed by atoms with Crippen LogP contribution in [0.3, 0.4) is 0 Å². The third kappa shape index (κ3) is 7.30. The molecule has 0 bridgehead atoms. The Balaban J connectivity index is 2.65. The Morgan fingerprint density at radius 2 is 1.83 bits per heavy atom. The van der Waals surface area contributed by atoms with E-state index in [4.69, 9.17) is 5.73 Å². The van der Waals surface area contributed by atoms with Gasteiger partial charge in [0.1, 0.15) is 0 Å². The van der Waals surface area contributed by atoms with Crippen LogP contribution in [0.5, 0.6) is 0 Å². The average Bonchev–Trinajstić information content (AvgIpc) is 2.50. The number of aliphatic imine (C=N–C) groups is 1. The second kappa shape index (κ2) is 9.45. The molecule has 7 heteroatoms. The van der Waals surface area contributed by atoms with E-state index in [0.29, 0.717) is 18.2 Å². The van der Waals surface area contributed by atoms with Gasteiger partial charge < -0.3 is 21.7 Å². The fraction of sp³-hybridized carbons (Fsp3) is 0.438. The Kier molecular flexibility index (Phi) is 7.59. The van der Waals surface area contributed by atoms with Crippen LogP contribution in [-0.4, -0.2) is 36.9 Å². The number of primary amides is 1. The summed E-state index contributed by atoms with van der Waals surface area (Å²) in [5.74, 6) is -0.141. The number of rotatable bonds is 7. The predicted octanol–water partition coefficient (Wildman–Crippen LogP) is 0.365. The lowest BCUT2D eigenvalue weighted by molar-refractivity contribution is -0.117. The Labute approximate surface area is 136 Å². The molecular weight excluding hydrogens is 294 g/mol. The molecule has 0 fully saturated rings. The zero-order valence-corrected chi connectivity index (χ0v) is 13.8. The van der Waals surface area contributed by atoms with Crippen molar-refractivity contribution in [2.24, 2.45) is 10.7 Å². The third-order valence-electron chi connectivity index (χ3n) is 2.83. The molecule has 7 nitrogen and oxygen atoms in total. The molecule has 0 spiro atoms. The van der Waals surface area contributed by atoms with Crippen molar-refractivity contribution in [3.8, 4) is 0 Å². The minimum Gasteiger partial charge on any atom is -0.368 e. The zero-order valence-electron chi connectivity index (χ0n) is 13.8. The van der Waals surface area contributed by atoms with Gasteiger partial charge >= 0.3 is 0 Å². The van der Waals surface area contributed by atoms with Crippen molar-refractivity contribution in [1.29, 1.82) is 0 Å². The Morgan fingerprint density at radius 3 is 2.35 bits per heavy atom. The molecule has 0 aromatic heterocycles. The van der Waals surface area contributed by atoms with Gasteiger partial charge in [0.25, 0.3) is 5.91 Å². The number of guanidine groups is 1. The molecule has 1 aromatic carbocycles. The monoisotopic (exact) mass is 319 g/mol. The first-order valence-electron chi connectivity index (χ1n) is 7.62. The lowest BCUT2D eigenvalue weighted by Gasteiger charge is -2.14. The number of nitrogens with two attached hydrogens (primary N) is 1. The van der Waals surface area contributed by atoms with E-state index in [1.165, 1.54) is 0 Å². The zero-order chi connectivity index (χ0) is 17.2. The molecule has 0 aliphatic heterocycles. The van der Waals surface area contributed by atoms with Crippen LogP contribution in [0.15, 0.2) is 29.3 Å². The van der Waals surface area contributed by atoms with E-state index in [-0.39, 0.29) is 12.5 Å². The van der Waals surface area contributed by atoms with Crippen molar-refractivity contribution < 1.29 is 9.59 Å². The highest BCUT2D eigenvalue weighted by Crippen LogP contribution is 2.06. The maximum absolute atomic E-state index is 11.8. The molecule has 0 unspecified atom stereocenters. The summed E-state index contributed by atoms with van der Waals surface area (Å²) in [6.45, 7) is 7.23. The number of hydrogen-bond acceptors (Lipinski definition) is 3. The van der Waals surface area contributed by atoms with Crippen LogP contribution in [0.1, 0.15) is 36.7 Å². The number of hydrogen-bond donors (Lipinski definition) is 4. The van der Waals surface area contributed by atoms with Crippen LogP contribution in [0.4, 0.5) is 0 Å². The van der Waals surface area contributed by atoms with Crippen molar-refractivity contribution in [1.82, 2.24) is 16.0 Å². The van der Waals surface area contributed by atoms with Crippen LogP contribution < -0.4 is 21.7 Å².